The fraction of sp³-hybridized carbons (Fsp3) is 0.538. The van der Waals surface area contributed by atoms with E-state index in [0.29, 0.717) is 5.69 Å². The summed E-state index contributed by atoms with van der Waals surface area (Å²) in [4.78, 5) is 13.0. The van der Waals surface area contributed by atoms with Crippen LogP contribution in [0.2, 0.25) is 0 Å². The molecule has 2 rings (SSSR count). The molecule has 1 aromatic carbocycles. The number of nitrogens with zero attached hydrogens (tertiary/aromatic N) is 2. The van der Waals surface area contributed by atoms with Crippen LogP contribution in [0.1, 0.15) is 19.4 Å². The second-order valence-corrected chi connectivity index (χ2v) is 7.37. The molecule has 0 aromatic heterocycles. The summed E-state index contributed by atoms with van der Waals surface area (Å²) in [7, 11) is 0. The number of nitrogens with two attached hydrogens (primary N) is 1. The first-order chi connectivity index (χ1) is 9.41. The highest BCUT2D eigenvalue weighted by Crippen LogP contribution is 2.31. The van der Waals surface area contributed by atoms with E-state index in [1.165, 1.54) is 0 Å². The van der Waals surface area contributed by atoms with Gasteiger partial charge in [-0.15, -0.1) is 0 Å². The van der Waals surface area contributed by atoms with E-state index >= 15 is 0 Å². The highest BCUT2D eigenvalue weighted by atomic mass is 32.2. The molecule has 0 aliphatic carbocycles. The molecule has 110 valence electrons. The van der Waals surface area contributed by atoms with Crippen molar-refractivity contribution in [1.82, 2.24) is 4.90 Å². The van der Waals surface area contributed by atoms with Crippen LogP contribution in [-0.4, -0.2) is 33.4 Å². The predicted octanol–water partition coefficient (Wildman–Crippen LogP) is 2.21. The molecular formula is C13H20N4O2S. The van der Waals surface area contributed by atoms with Crippen molar-refractivity contribution in [2.75, 3.05) is 24.3 Å². The lowest BCUT2D eigenvalue weighted by Crippen LogP contribution is -2.42. The Kier molecular flexibility index (Phi) is 4.52. The third-order valence-electron chi connectivity index (χ3n) is 3.33. The van der Waals surface area contributed by atoms with Gasteiger partial charge in [0.05, 0.1) is 4.92 Å². The van der Waals surface area contributed by atoms with Crippen molar-refractivity contribution in [3.05, 3.63) is 33.9 Å². The van der Waals surface area contributed by atoms with Gasteiger partial charge >= 0.3 is 0 Å². The van der Waals surface area contributed by atoms with E-state index < -0.39 is 4.92 Å². The molecule has 0 spiro atoms. The number of thioether (sulfide) groups is 1. The lowest BCUT2D eigenvalue weighted by atomic mass is 10.1. The van der Waals surface area contributed by atoms with E-state index in [0.717, 1.165) is 31.0 Å². The van der Waals surface area contributed by atoms with Gasteiger partial charge in [-0.05, 0) is 25.5 Å². The minimum absolute atomic E-state index is 0.0237. The second-order valence-electron chi connectivity index (χ2n) is 5.57. The van der Waals surface area contributed by atoms with E-state index in [1.54, 1.807) is 12.1 Å². The van der Waals surface area contributed by atoms with Gasteiger partial charge in [0.2, 0.25) is 0 Å². The normalized spacial score (nSPS) is 18.8. The quantitative estimate of drug-likeness (QED) is 0.503. The van der Waals surface area contributed by atoms with Gasteiger partial charge in [-0.25, -0.2) is 0 Å². The molecule has 1 saturated heterocycles. The van der Waals surface area contributed by atoms with Crippen molar-refractivity contribution >= 4 is 23.1 Å². The zero-order chi connectivity index (χ0) is 14.8. The average Bonchev–Trinajstić information content (AvgIpc) is 2.37. The number of benzene rings is 1. The fourth-order valence-corrected chi connectivity index (χ4v) is 3.63. The average molecular weight is 296 g/mol. The largest absolute Gasteiger partial charge is 0.318 e. The van der Waals surface area contributed by atoms with Gasteiger partial charge in [0, 0.05) is 36.2 Å². The highest BCUT2D eigenvalue weighted by molar-refractivity contribution is 8.00. The SMILES string of the molecule is CC1(C)CN(Cc2ccc(NN)c([N+](=O)[O-])c2)CCS1. The number of anilines is 1. The molecule has 7 heteroatoms. The third-order valence-corrected chi connectivity index (χ3v) is 4.62. The lowest BCUT2D eigenvalue weighted by molar-refractivity contribution is -0.384. The number of hydrazine groups is 1. The van der Waals surface area contributed by atoms with Crippen LogP contribution in [0.3, 0.4) is 0 Å². The molecule has 0 atom stereocenters. The van der Waals surface area contributed by atoms with Crippen LogP contribution in [0, 0.1) is 10.1 Å². The van der Waals surface area contributed by atoms with Crippen LogP contribution >= 0.6 is 11.8 Å². The van der Waals surface area contributed by atoms with Crippen LogP contribution in [0.5, 0.6) is 0 Å². The maximum Gasteiger partial charge on any atom is 0.293 e. The molecule has 20 heavy (non-hydrogen) atoms. The first-order valence-corrected chi connectivity index (χ1v) is 7.50. The van der Waals surface area contributed by atoms with Gasteiger partial charge in [0.25, 0.3) is 5.69 Å². The van der Waals surface area contributed by atoms with E-state index in [1.807, 2.05) is 17.8 Å². The van der Waals surface area contributed by atoms with Crippen molar-refractivity contribution in [3.63, 3.8) is 0 Å². The summed E-state index contributed by atoms with van der Waals surface area (Å²) in [6.45, 7) is 7.19. The topological polar surface area (TPSA) is 84.4 Å². The van der Waals surface area contributed by atoms with Crippen LogP contribution in [0.15, 0.2) is 18.2 Å². The summed E-state index contributed by atoms with van der Waals surface area (Å²) in [5, 5.41) is 11.0. The van der Waals surface area contributed by atoms with E-state index in [-0.39, 0.29) is 10.4 Å². The zero-order valence-electron chi connectivity index (χ0n) is 11.8. The molecule has 0 unspecified atom stereocenters. The van der Waals surface area contributed by atoms with Crippen LogP contribution < -0.4 is 11.3 Å². The number of nitro benzene ring substituents is 1. The molecule has 0 bridgehead atoms. The number of hydrogen-bond acceptors (Lipinski definition) is 6. The van der Waals surface area contributed by atoms with Gasteiger partial charge in [0.15, 0.2) is 0 Å². The van der Waals surface area contributed by atoms with Crippen LogP contribution in [0.4, 0.5) is 11.4 Å². The minimum atomic E-state index is -0.408. The van der Waals surface area contributed by atoms with Crippen molar-refractivity contribution < 1.29 is 4.92 Å². The summed E-state index contributed by atoms with van der Waals surface area (Å²) < 4.78 is 0.239. The Morgan fingerprint density at radius 3 is 2.90 bits per heavy atom. The Bertz CT molecular complexity index is 507. The monoisotopic (exact) mass is 296 g/mol. The van der Waals surface area contributed by atoms with Crippen molar-refractivity contribution in [3.8, 4) is 0 Å². The Morgan fingerprint density at radius 2 is 2.30 bits per heavy atom. The molecule has 0 radical (unpaired) electrons. The Morgan fingerprint density at radius 1 is 1.55 bits per heavy atom. The van der Waals surface area contributed by atoms with Crippen molar-refractivity contribution in [2.45, 2.75) is 25.1 Å². The first kappa shape index (κ1) is 15.1. The Labute approximate surface area is 122 Å². The second kappa shape index (κ2) is 5.99. The Hall–Kier alpha value is -1.31. The molecule has 6 nitrogen and oxygen atoms in total. The van der Waals surface area contributed by atoms with Crippen molar-refractivity contribution in [2.24, 2.45) is 5.84 Å². The van der Waals surface area contributed by atoms with E-state index in [9.17, 15) is 10.1 Å². The molecule has 3 N–H and O–H groups in total. The molecule has 1 aliphatic rings. The van der Waals surface area contributed by atoms with Crippen molar-refractivity contribution in [1.29, 1.82) is 0 Å². The number of nitrogens with one attached hydrogen (secondary N) is 1. The van der Waals surface area contributed by atoms with Gasteiger partial charge in [-0.1, -0.05) is 6.07 Å². The predicted molar refractivity (Wildman–Crippen MR) is 82.7 cm³/mol. The van der Waals surface area contributed by atoms with Crippen LogP contribution in [0.25, 0.3) is 0 Å². The number of rotatable bonds is 4. The van der Waals surface area contributed by atoms with Gasteiger partial charge in [-0.3, -0.25) is 20.9 Å². The zero-order valence-corrected chi connectivity index (χ0v) is 12.6. The highest BCUT2D eigenvalue weighted by Gasteiger charge is 2.27. The van der Waals surface area contributed by atoms with Crippen LogP contribution in [-0.2, 0) is 6.54 Å². The maximum absolute atomic E-state index is 11.0. The summed E-state index contributed by atoms with van der Waals surface area (Å²) in [6.07, 6.45) is 0. The van der Waals surface area contributed by atoms with Gasteiger partial charge < -0.3 is 5.43 Å². The Balaban J connectivity index is 2.13. The third kappa shape index (κ3) is 3.62. The number of nitrogen functional groups attached to an aromatic ring is 1. The molecule has 1 heterocycles. The van der Waals surface area contributed by atoms with E-state index in [2.05, 4.69) is 24.2 Å². The van der Waals surface area contributed by atoms with Gasteiger partial charge in [-0.2, -0.15) is 11.8 Å². The number of hydrogen-bond donors (Lipinski definition) is 2. The molecule has 0 saturated carbocycles. The lowest BCUT2D eigenvalue weighted by Gasteiger charge is -2.37. The summed E-state index contributed by atoms with van der Waals surface area (Å²) in [5.74, 6) is 6.39. The molecular weight excluding hydrogens is 276 g/mol. The summed E-state index contributed by atoms with van der Waals surface area (Å²) >= 11 is 1.97. The maximum atomic E-state index is 11.0. The number of nitro groups is 1. The van der Waals surface area contributed by atoms with E-state index in [4.69, 9.17) is 5.84 Å². The smallest absolute Gasteiger partial charge is 0.293 e. The molecule has 1 aliphatic heterocycles. The fourth-order valence-electron chi connectivity index (χ4n) is 2.46. The molecule has 0 amide bonds. The summed E-state index contributed by atoms with van der Waals surface area (Å²) in [5.41, 5.74) is 3.67. The minimum Gasteiger partial charge on any atom is -0.318 e. The summed E-state index contributed by atoms with van der Waals surface area (Å²) in [6, 6.07) is 5.15. The first-order valence-electron chi connectivity index (χ1n) is 6.51. The standard InChI is InChI=1S/C13H20N4O2S/c1-13(2)9-16(5-6-20-13)8-10-3-4-11(15-14)12(7-10)17(18)19/h3-4,7,15H,5-6,8-9,14H2,1-2H3. The molecule has 1 fully saturated rings. The molecule has 1 aromatic rings. The van der Waals surface area contributed by atoms with Gasteiger partial charge in [0.1, 0.15) is 5.69 Å².